The molecule has 0 saturated heterocycles. The number of rotatable bonds is 7. The zero-order chi connectivity index (χ0) is 10.3. The van der Waals surface area contributed by atoms with Gasteiger partial charge >= 0.3 is 0 Å². The van der Waals surface area contributed by atoms with Gasteiger partial charge in [-0.15, -0.1) is 6.58 Å². The lowest BCUT2D eigenvalue weighted by molar-refractivity contribution is -0.0399. The summed E-state index contributed by atoms with van der Waals surface area (Å²) >= 11 is 0. The predicted octanol–water partition coefficient (Wildman–Crippen LogP) is 1.60. The van der Waals surface area contributed by atoms with Gasteiger partial charge in [-0.05, 0) is 33.6 Å². The van der Waals surface area contributed by atoms with Crippen LogP contribution < -0.4 is 11.3 Å². The highest BCUT2D eigenvalue weighted by atomic mass is 16.5. The fraction of sp³-hybridized carbons (Fsp3) is 0.800. The van der Waals surface area contributed by atoms with Crippen LogP contribution >= 0.6 is 0 Å². The summed E-state index contributed by atoms with van der Waals surface area (Å²) in [6.07, 6.45) is 3.80. The molecule has 0 aliphatic carbocycles. The highest BCUT2D eigenvalue weighted by Crippen LogP contribution is 2.18. The van der Waals surface area contributed by atoms with Crippen LogP contribution in [0, 0.1) is 0 Å². The van der Waals surface area contributed by atoms with E-state index >= 15 is 0 Å². The topological polar surface area (TPSA) is 47.3 Å². The molecule has 78 valence electrons. The van der Waals surface area contributed by atoms with Crippen LogP contribution in [0.4, 0.5) is 0 Å². The van der Waals surface area contributed by atoms with Crippen LogP contribution in [0.25, 0.3) is 0 Å². The molecule has 0 aromatic heterocycles. The van der Waals surface area contributed by atoms with Gasteiger partial charge in [-0.3, -0.25) is 11.3 Å². The van der Waals surface area contributed by atoms with Gasteiger partial charge in [0.2, 0.25) is 0 Å². The minimum absolute atomic E-state index is 0.172. The average molecular weight is 186 g/mol. The van der Waals surface area contributed by atoms with E-state index in [0.29, 0.717) is 6.61 Å². The van der Waals surface area contributed by atoms with Gasteiger partial charge in [-0.2, -0.15) is 0 Å². The Morgan fingerprint density at radius 3 is 2.62 bits per heavy atom. The Kier molecular flexibility index (Phi) is 5.95. The third kappa shape index (κ3) is 4.41. The number of ether oxygens (including phenoxy) is 1. The minimum Gasteiger partial charge on any atom is -0.374 e. The predicted molar refractivity (Wildman–Crippen MR) is 56.2 cm³/mol. The summed E-state index contributed by atoms with van der Waals surface area (Å²) in [5, 5.41) is 0. The second-order valence-corrected chi connectivity index (χ2v) is 3.62. The smallest absolute Gasteiger partial charge is 0.0792 e. The molecule has 0 aromatic rings. The summed E-state index contributed by atoms with van der Waals surface area (Å²) in [6, 6.07) is 0.172. The van der Waals surface area contributed by atoms with Crippen LogP contribution in [0.1, 0.15) is 33.6 Å². The van der Waals surface area contributed by atoms with Gasteiger partial charge in [-0.1, -0.05) is 6.08 Å². The zero-order valence-electron chi connectivity index (χ0n) is 8.97. The van der Waals surface area contributed by atoms with Gasteiger partial charge < -0.3 is 4.74 Å². The highest BCUT2D eigenvalue weighted by Gasteiger charge is 2.28. The monoisotopic (exact) mass is 186 g/mol. The first-order chi connectivity index (χ1) is 6.08. The Morgan fingerprint density at radius 1 is 1.62 bits per heavy atom. The van der Waals surface area contributed by atoms with E-state index in [1.807, 2.05) is 26.8 Å². The molecule has 0 radical (unpaired) electrons. The number of nitrogens with one attached hydrogen (secondary N) is 1. The number of allylic oxidation sites excluding steroid dienone is 1. The van der Waals surface area contributed by atoms with Gasteiger partial charge in [0.05, 0.1) is 5.60 Å². The standard InChI is InChI=1S/C10H22N2O/c1-5-7-8-9(12-11)10(3,4)13-6-2/h5,9,12H,1,6-8,11H2,2-4H3. The molecule has 0 saturated carbocycles. The Labute approximate surface area is 81.3 Å². The van der Waals surface area contributed by atoms with Crippen molar-refractivity contribution in [2.75, 3.05) is 6.61 Å². The van der Waals surface area contributed by atoms with Gasteiger partial charge in [0, 0.05) is 12.6 Å². The van der Waals surface area contributed by atoms with Gasteiger partial charge in [0.25, 0.3) is 0 Å². The van der Waals surface area contributed by atoms with E-state index in [-0.39, 0.29) is 11.6 Å². The van der Waals surface area contributed by atoms with Crippen LogP contribution in [0.3, 0.4) is 0 Å². The number of hydrogen-bond donors (Lipinski definition) is 2. The maximum Gasteiger partial charge on any atom is 0.0792 e. The van der Waals surface area contributed by atoms with E-state index in [0.717, 1.165) is 12.8 Å². The second-order valence-electron chi connectivity index (χ2n) is 3.62. The van der Waals surface area contributed by atoms with Crippen LogP contribution in [-0.4, -0.2) is 18.2 Å². The first-order valence-electron chi connectivity index (χ1n) is 4.79. The van der Waals surface area contributed by atoms with Crippen LogP contribution in [0.2, 0.25) is 0 Å². The number of hydrogen-bond acceptors (Lipinski definition) is 3. The zero-order valence-corrected chi connectivity index (χ0v) is 8.97. The SMILES string of the molecule is C=CCCC(NN)C(C)(C)OCC. The normalized spacial score (nSPS) is 14.2. The van der Waals surface area contributed by atoms with E-state index in [1.54, 1.807) is 0 Å². The maximum absolute atomic E-state index is 5.60. The van der Waals surface area contributed by atoms with E-state index < -0.39 is 0 Å². The molecular formula is C10H22N2O. The summed E-state index contributed by atoms with van der Waals surface area (Å²) in [4.78, 5) is 0. The van der Waals surface area contributed by atoms with E-state index in [2.05, 4.69) is 12.0 Å². The van der Waals surface area contributed by atoms with E-state index in [4.69, 9.17) is 10.6 Å². The first kappa shape index (κ1) is 12.6. The molecule has 0 aliphatic heterocycles. The van der Waals surface area contributed by atoms with Crippen molar-refractivity contribution in [2.24, 2.45) is 5.84 Å². The van der Waals surface area contributed by atoms with Crippen molar-refractivity contribution in [1.82, 2.24) is 5.43 Å². The van der Waals surface area contributed by atoms with Crippen LogP contribution in [0.5, 0.6) is 0 Å². The fourth-order valence-corrected chi connectivity index (χ4v) is 1.39. The maximum atomic E-state index is 5.60. The molecule has 1 unspecified atom stereocenters. The highest BCUT2D eigenvalue weighted by molar-refractivity contribution is 4.86. The second kappa shape index (κ2) is 6.13. The quantitative estimate of drug-likeness (QED) is 0.361. The lowest BCUT2D eigenvalue weighted by Gasteiger charge is -2.33. The summed E-state index contributed by atoms with van der Waals surface area (Å²) in [5.74, 6) is 5.47. The molecule has 0 aromatic carbocycles. The lowest BCUT2D eigenvalue weighted by atomic mass is 9.95. The molecule has 0 rings (SSSR count). The molecule has 3 heteroatoms. The third-order valence-corrected chi connectivity index (χ3v) is 2.22. The van der Waals surface area contributed by atoms with Crippen LogP contribution in [-0.2, 0) is 4.74 Å². The Bertz CT molecular complexity index is 146. The summed E-state index contributed by atoms with van der Waals surface area (Å²) in [7, 11) is 0. The Balaban J connectivity index is 4.09. The van der Waals surface area contributed by atoms with Crippen molar-refractivity contribution >= 4 is 0 Å². The molecule has 3 nitrogen and oxygen atoms in total. The Morgan fingerprint density at radius 2 is 2.23 bits per heavy atom. The van der Waals surface area contributed by atoms with Crippen molar-refractivity contribution in [3.8, 4) is 0 Å². The Hall–Kier alpha value is -0.380. The van der Waals surface area contributed by atoms with Crippen LogP contribution in [0.15, 0.2) is 12.7 Å². The number of nitrogens with two attached hydrogens (primary N) is 1. The third-order valence-electron chi connectivity index (χ3n) is 2.22. The van der Waals surface area contributed by atoms with Crippen molar-refractivity contribution in [2.45, 2.75) is 45.3 Å². The average Bonchev–Trinajstić information content (AvgIpc) is 2.05. The van der Waals surface area contributed by atoms with Gasteiger partial charge in [0.15, 0.2) is 0 Å². The van der Waals surface area contributed by atoms with E-state index in [1.165, 1.54) is 0 Å². The summed E-state index contributed by atoms with van der Waals surface area (Å²) in [6.45, 7) is 10.5. The van der Waals surface area contributed by atoms with Crippen molar-refractivity contribution in [1.29, 1.82) is 0 Å². The molecule has 0 heterocycles. The van der Waals surface area contributed by atoms with Crippen molar-refractivity contribution in [3.63, 3.8) is 0 Å². The molecule has 0 amide bonds. The molecule has 0 fully saturated rings. The molecule has 13 heavy (non-hydrogen) atoms. The molecule has 3 N–H and O–H groups in total. The molecule has 0 aliphatic rings. The molecule has 0 bridgehead atoms. The van der Waals surface area contributed by atoms with Crippen molar-refractivity contribution in [3.05, 3.63) is 12.7 Å². The first-order valence-corrected chi connectivity index (χ1v) is 4.79. The molecule has 1 atom stereocenters. The minimum atomic E-state index is -0.216. The number of hydrazine groups is 1. The van der Waals surface area contributed by atoms with Gasteiger partial charge in [0.1, 0.15) is 0 Å². The lowest BCUT2D eigenvalue weighted by Crippen LogP contribution is -2.51. The summed E-state index contributed by atoms with van der Waals surface area (Å²) < 4.78 is 5.60. The molecular weight excluding hydrogens is 164 g/mol. The van der Waals surface area contributed by atoms with E-state index in [9.17, 15) is 0 Å². The van der Waals surface area contributed by atoms with Crippen molar-refractivity contribution < 1.29 is 4.74 Å². The fourth-order valence-electron chi connectivity index (χ4n) is 1.39. The molecule has 0 spiro atoms. The van der Waals surface area contributed by atoms with Gasteiger partial charge in [-0.25, -0.2) is 0 Å². The summed E-state index contributed by atoms with van der Waals surface area (Å²) in [5.41, 5.74) is 2.57. The largest absolute Gasteiger partial charge is 0.374 e.